The summed E-state index contributed by atoms with van der Waals surface area (Å²) in [6.45, 7) is 3.47. The molecule has 0 spiro atoms. The molecule has 4 atom stereocenters. The molecule has 0 aromatic heterocycles. The van der Waals surface area contributed by atoms with Crippen LogP contribution in [0.1, 0.15) is 39.0 Å². The first-order valence-electron chi connectivity index (χ1n) is 6.77. The standard InChI is InChI=1S/C13H22N2O/c1-8-5-12-10(6-13(16)15-12)11(8)7-14-9-3-2-4-9/h8-12,14H,2-7H2,1H3,(H,15,16)/t8-,10-,11+,12+/m0/s1. The Balaban J connectivity index is 1.57. The van der Waals surface area contributed by atoms with Crippen LogP contribution in [0.3, 0.4) is 0 Å². The zero-order valence-electron chi connectivity index (χ0n) is 10.0. The smallest absolute Gasteiger partial charge is 0.220 e. The summed E-state index contributed by atoms with van der Waals surface area (Å²) in [5.74, 6) is 2.36. The molecule has 0 radical (unpaired) electrons. The highest BCUT2D eigenvalue weighted by Crippen LogP contribution is 2.41. The molecule has 2 aliphatic carbocycles. The highest BCUT2D eigenvalue weighted by Gasteiger charge is 2.46. The lowest BCUT2D eigenvalue weighted by Gasteiger charge is -2.30. The summed E-state index contributed by atoms with van der Waals surface area (Å²) >= 11 is 0. The first kappa shape index (κ1) is 10.6. The van der Waals surface area contributed by atoms with Gasteiger partial charge in [0, 0.05) is 18.5 Å². The molecule has 2 N–H and O–H groups in total. The number of hydrogen-bond donors (Lipinski definition) is 2. The average molecular weight is 222 g/mol. The van der Waals surface area contributed by atoms with E-state index in [1.807, 2.05) is 0 Å². The van der Waals surface area contributed by atoms with Crippen LogP contribution in [0.15, 0.2) is 0 Å². The van der Waals surface area contributed by atoms with Gasteiger partial charge < -0.3 is 10.6 Å². The number of hydrogen-bond acceptors (Lipinski definition) is 2. The van der Waals surface area contributed by atoms with Gasteiger partial charge >= 0.3 is 0 Å². The van der Waals surface area contributed by atoms with Crippen molar-refractivity contribution in [2.24, 2.45) is 17.8 Å². The van der Waals surface area contributed by atoms with Crippen molar-refractivity contribution in [2.45, 2.75) is 51.1 Å². The first-order chi connectivity index (χ1) is 7.74. The number of carbonyl (C=O) groups excluding carboxylic acids is 1. The summed E-state index contributed by atoms with van der Waals surface area (Å²) in [4.78, 5) is 11.4. The maximum atomic E-state index is 11.4. The van der Waals surface area contributed by atoms with Crippen molar-refractivity contribution in [1.82, 2.24) is 10.6 Å². The summed E-state index contributed by atoms with van der Waals surface area (Å²) in [5, 5.41) is 6.80. The monoisotopic (exact) mass is 222 g/mol. The number of amides is 1. The van der Waals surface area contributed by atoms with Gasteiger partial charge in [-0.3, -0.25) is 4.79 Å². The summed E-state index contributed by atoms with van der Waals surface area (Å²) in [6.07, 6.45) is 6.06. The summed E-state index contributed by atoms with van der Waals surface area (Å²) < 4.78 is 0. The predicted molar refractivity (Wildman–Crippen MR) is 63.0 cm³/mol. The van der Waals surface area contributed by atoms with Crippen molar-refractivity contribution < 1.29 is 4.79 Å². The second-order valence-corrected chi connectivity index (χ2v) is 5.95. The molecule has 3 fully saturated rings. The second kappa shape index (κ2) is 4.02. The van der Waals surface area contributed by atoms with Crippen LogP contribution >= 0.6 is 0 Å². The number of rotatable bonds is 3. The van der Waals surface area contributed by atoms with Gasteiger partial charge in [0.2, 0.25) is 5.91 Å². The molecular formula is C13H22N2O. The summed E-state index contributed by atoms with van der Waals surface area (Å²) in [7, 11) is 0. The normalized spacial score (nSPS) is 42.9. The van der Waals surface area contributed by atoms with E-state index in [2.05, 4.69) is 17.6 Å². The van der Waals surface area contributed by atoms with E-state index in [4.69, 9.17) is 0 Å². The van der Waals surface area contributed by atoms with E-state index in [0.29, 0.717) is 17.9 Å². The molecule has 3 rings (SSSR count). The van der Waals surface area contributed by atoms with Gasteiger partial charge in [0.1, 0.15) is 0 Å². The lowest BCUT2D eigenvalue weighted by atomic mass is 9.87. The van der Waals surface area contributed by atoms with E-state index < -0.39 is 0 Å². The van der Waals surface area contributed by atoms with E-state index in [-0.39, 0.29) is 5.91 Å². The molecule has 1 saturated heterocycles. The van der Waals surface area contributed by atoms with E-state index in [0.717, 1.165) is 24.9 Å². The molecule has 90 valence electrons. The molecule has 0 aromatic carbocycles. The topological polar surface area (TPSA) is 41.1 Å². The SMILES string of the molecule is C[C@H]1C[C@H]2NC(=O)C[C@H]2[C@@H]1CNC1CCC1. The zero-order valence-corrected chi connectivity index (χ0v) is 10.0. The lowest BCUT2D eigenvalue weighted by Crippen LogP contribution is -2.40. The number of carbonyl (C=O) groups is 1. The van der Waals surface area contributed by atoms with E-state index in [9.17, 15) is 4.79 Å². The van der Waals surface area contributed by atoms with Crippen LogP contribution in [0.2, 0.25) is 0 Å². The third-order valence-corrected chi connectivity index (χ3v) is 4.94. The second-order valence-electron chi connectivity index (χ2n) is 5.95. The maximum Gasteiger partial charge on any atom is 0.220 e. The van der Waals surface area contributed by atoms with Crippen molar-refractivity contribution in [2.75, 3.05) is 6.54 Å². The minimum absolute atomic E-state index is 0.274. The summed E-state index contributed by atoms with van der Waals surface area (Å²) in [6, 6.07) is 1.26. The van der Waals surface area contributed by atoms with Crippen molar-refractivity contribution in [3.8, 4) is 0 Å². The molecule has 1 heterocycles. The Labute approximate surface area is 97.4 Å². The van der Waals surface area contributed by atoms with E-state index in [1.165, 1.54) is 25.7 Å². The molecule has 1 aliphatic heterocycles. The van der Waals surface area contributed by atoms with Crippen LogP contribution in [0, 0.1) is 17.8 Å². The largest absolute Gasteiger partial charge is 0.353 e. The Bertz CT molecular complexity index is 288. The van der Waals surface area contributed by atoms with Gasteiger partial charge in [-0.15, -0.1) is 0 Å². The van der Waals surface area contributed by atoms with Crippen molar-refractivity contribution in [1.29, 1.82) is 0 Å². The number of fused-ring (bicyclic) bond motifs is 1. The van der Waals surface area contributed by atoms with Crippen LogP contribution in [0.4, 0.5) is 0 Å². The Morgan fingerprint density at radius 3 is 2.94 bits per heavy atom. The molecule has 0 bridgehead atoms. The molecule has 2 saturated carbocycles. The molecule has 16 heavy (non-hydrogen) atoms. The maximum absolute atomic E-state index is 11.4. The average Bonchev–Trinajstić information content (AvgIpc) is 2.61. The molecule has 3 aliphatic rings. The number of nitrogens with one attached hydrogen (secondary N) is 2. The minimum atomic E-state index is 0.274. The van der Waals surface area contributed by atoms with Crippen LogP contribution in [-0.2, 0) is 4.79 Å². The Hall–Kier alpha value is -0.570. The molecule has 0 aromatic rings. The van der Waals surface area contributed by atoms with Crippen molar-refractivity contribution >= 4 is 5.91 Å². The Morgan fingerprint density at radius 2 is 2.25 bits per heavy atom. The summed E-state index contributed by atoms with van der Waals surface area (Å²) in [5.41, 5.74) is 0. The van der Waals surface area contributed by atoms with Crippen LogP contribution in [-0.4, -0.2) is 24.5 Å². The fourth-order valence-electron chi connectivity index (χ4n) is 3.68. The zero-order chi connectivity index (χ0) is 11.1. The third kappa shape index (κ3) is 1.75. The van der Waals surface area contributed by atoms with Crippen LogP contribution < -0.4 is 10.6 Å². The highest BCUT2D eigenvalue weighted by atomic mass is 16.2. The fraction of sp³-hybridized carbons (Fsp3) is 0.923. The van der Waals surface area contributed by atoms with E-state index in [1.54, 1.807) is 0 Å². The predicted octanol–water partition coefficient (Wildman–Crippen LogP) is 1.29. The first-order valence-corrected chi connectivity index (χ1v) is 6.77. The van der Waals surface area contributed by atoms with Crippen LogP contribution in [0.5, 0.6) is 0 Å². The van der Waals surface area contributed by atoms with Gasteiger partial charge in [0.25, 0.3) is 0 Å². The Morgan fingerprint density at radius 1 is 1.44 bits per heavy atom. The van der Waals surface area contributed by atoms with E-state index >= 15 is 0 Å². The lowest BCUT2D eigenvalue weighted by molar-refractivity contribution is -0.119. The third-order valence-electron chi connectivity index (χ3n) is 4.94. The Kier molecular flexibility index (Phi) is 2.66. The quantitative estimate of drug-likeness (QED) is 0.755. The molecule has 0 unspecified atom stereocenters. The van der Waals surface area contributed by atoms with Gasteiger partial charge in [-0.05, 0) is 43.6 Å². The fourth-order valence-corrected chi connectivity index (χ4v) is 3.68. The van der Waals surface area contributed by atoms with Crippen molar-refractivity contribution in [3.05, 3.63) is 0 Å². The minimum Gasteiger partial charge on any atom is -0.353 e. The van der Waals surface area contributed by atoms with Gasteiger partial charge in [-0.1, -0.05) is 13.3 Å². The highest BCUT2D eigenvalue weighted by molar-refractivity contribution is 5.79. The van der Waals surface area contributed by atoms with Gasteiger partial charge in [0.05, 0.1) is 0 Å². The van der Waals surface area contributed by atoms with Crippen LogP contribution in [0.25, 0.3) is 0 Å². The van der Waals surface area contributed by atoms with Gasteiger partial charge in [0.15, 0.2) is 0 Å². The molecule has 3 heteroatoms. The molecule has 3 nitrogen and oxygen atoms in total. The van der Waals surface area contributed by atoms with Gasteiger partial charge in [-0.25, -0.2) is 0 Å². The van der Waals surface area contributed by atoms with Crippen molar-refractivity contribution in [3.63, 3.8) is 0 Å². The molecular weight excluding hydrogens is 200 g/mol. The molecule has 1 amide bonds. The van der Waals surface area contributed by atoms with Gasteiger partial charge in [-0.2, -0.15) is 0 Å².